The molecular weight excluding hydrogens is 466 g/mol. The lowest BCUT2D eigenvalue weighted by Gasteiger charge is -2.12. The van der Waals surface area contributed by atoms with Crippen molar-refractivity contribution in [3.63, 3.8) is 0 Å². The second kappa shape index (κ2) is 7.65. The van der Waals surface area contributed by atoms with Gasteiger partial charge in [-0.25, -0.2) is 4.98 Å². The van der Waals surface area contributed by atoms with Crippen LogP contribution >= 0.6 is 11.6 Å². The number of benzene rings is 1. The molecule has 0 atom stereocenters. The zero-order valence-electron chi connectivity index (χ0n) is 15.7. The second-order valence-corrected chi connectivity index (χ2v) is 7.08. The van der Waals surface area contributed by atoms with Crippen LogP contribution in [0.5, 0.6) is 0 Å². The number of hydrogen-bond acceptors (Lipinski definition) is 4. The van der Waals surface area contributed by atoms with Gasteiger partial charge in [0.2, 0.25) is 11.7 Å². The molecule has 0 unspecified atom stereocenters. The molecule has 0 radical (unpaired) electrons. The van der Waals surface area contributed by atoms with Gasteiger partial charge in [0.05, 0.1) is 28.2 Å². The summed E-state index contributed by atoms with van der Waals surface area (Å²) >= 11 is 5.83. The molecule has 0 aliphatic heterocycles. The highest BCUT2D eigenvalue weighted by atomic mass is 35.5. The number of halogens is 7. The number of fused-ring (bicyclic) bond motifs is 2. The van der Waals surface area contributed by atoms with Crippen LogP contribution < -0.4 is 5.32 Å². The number of rotatable bonds is 4. The first-order valence-electron chi connectivity index (χ1n) is 8.84. The van der Waals surface area contributed by atoms with E-state index in [0.717, 1.165) is 4.40 Å². The second-order valence-electron chi connectivity index (χ2n) is 6.67. The lowest BCUT2D eigenvalue weighted by atomic mass is 10.3. The van der Waals surface area contributed by atoms with E-state index in [1.807, 2.05) is 0 Å². The zero-order valence-corrected chi connectivity index (χ0v) is 16.4. The van der Waals surface area contributed by atoms with Crippen LogP contribution in [-0.2, 0) is 30.2 Å². The summed E-state index contributed by atoms with van der Waals surface area (Å²) in [6, 6.07) is 6.47. The Morgan fingerprint density at radius 2 is 1.78 bits per heavy atom. The molecule has 14 heteroatoms. The van der Waals surface area contributed by atoms with Crippen molar-refractivity contribution in [2.24, 2.45) is 0 Å². The van der Waals surface area contributed by atoms with Crippen molar-refractivity contribution >= 4 is 34.2 Å². The Morgan fingerprint density at radius 1 is 1.06 bits per heavy atom. The summed E-state index contributed by atoms with van der Waals surface area (Å²) in [5.41, 5.74) is -0.958. The average molecular weight is 477 g/mol. The van der Waals surface area contributed by atoms with Gasteiger partial charge in [-0.05, 0) is 18.2 Å². The van der Waals surface area contributed by atoms with E-state index >= 15 is 0 Å². The van der Waals surface area contributed by atoms with Gasteiger partial charge in [-0.1, -0.05) is 23.7 Å². The summed E-state index contributed by atoms with van der Waals surface area (Å²) in [5.74, 6) is -2.18. The van der Waals surface area contributed by atoms with E-state index in [4.69, 9.17) is 11.6 Å². The van der Waals surface area contributed by atoms with Gasteiger partial charge >= 0.3 is 12.4 Å². The Labute approximate surface area is 179 Å². The summed E-state index contributed by atoms with van der Waals surface area (Å²) in [7, 11) is 0. The molecule has 0 fully saturated rings. The molecule has 3 heterocycles. The van der Waals surface area contributed by atoms with Gasteiger partial charge in [-0.15, -0.1) is 10.2 Å². The Morgan fingerprint density at radius 3 is 2.47 bits per heavy atom. The van der Waals surface area contributed by atoms with E-state index in [2.05, 4.69) is 20.5 Å². The first-order chi connectivity index (χ1) is 14.9. The summed E-state index contributed by atoms with van der Waals surface area (Å²) in [5, 5.41) is 9.42. The first-order valence-corrected chi connectivity index (χ1v) is 9.22. The predicted octanol–water partition coefficient (Wildman–Crippen LogP) is 4.09. The minimum Gasteiger partial charge on any atom is -0.347 e. The highest BCUT2D eigenvalue weighted by Crippen LogP contribution is 2.33. The number of alkyl halides is 6. The lowest BCUT2D eigenvalue weighted by Crippen LogP contribution is -2.29. The number of nitrogens with one attached hydrogen (secondary N) is 1. The minimum atomic E-state index is -4.80. The van der Waals surface area contributed by atoms with Crippen LogP contribution in [0.15, 0.2) is 36.5 Å². The molecule has 4 rings (SSSR count). The molecular formula is C18H11ClF6N6O. The van der Waals surface area contributed by atoms with Crippen molar-refractivity contribution in [3.05, 3.63) is 58.8 Å². The fraction of sp³-hybridized carbons (Fsp3) is 0.222. The topological polar surface area (TPSA) is 77.1 Å². The summed E-state index contributed by atoms with van der Waals surface area (Å²) in [4.78, 5) is 15.9. The molecule has 0 bridgehead atoms. The van der Waals surface area contributed by atoms with E-state index in [9.17, 15) is 31.1 Å². The number of pyridine rings is 1. The fourth-order valence-corrected chi connectivity index (χ4v) is 3.35. The van der Waals surface area contributed by atoms with Gasteiger partial charge < -0.3 is 9.88 Å². The SMILES string of the molecule is O=C(Cn1c(C(F)(F)F)nc2ccccc21)NCc1nnc2c(Cl)cc(C(F)(F)F)cn12. The molecule has 0 aliphatic rings. The summed E-state index contributed by atoms with van der Waals surface area (Å²) in [6.45, 7) is -1.12. The van der Waals surface area contributed by atoms with E-state index in [1.54, 1.807) is 0 Å². The third-order valence-electron chi connectivity index (χ3n) is 4.51. The number of aromatic nitrogens is 5. The van der Waals surface area contributed by atoms with Gasteiger partial charge in [0.15, 0.2) is 11.5 Å². The first kappa shape index (κ1) is 21.9. The van der Waals surface area contributed by atoms with Crippen LogP contribution in [0.4, 0.5) is 26.3 Å². The molecule has 0 aliphatic carbocycles. The molecule has 7 nitrogen and oxygen atoms in total. The maximum Gasteiger partial charge on any atom is 0.449 e. The van der Waals surface area contributed by atoms with Crippen LogP contribution in [0.3, 0.4) is 0 Å². The number of imidazole rings is 1. The van der Waals surface area contributed by atoms with Crippen molar-refractivity contribution in [1.82, 2.24) is 29.5 Å². The van der Waals surface area contributed by atoms with E-state index < -0.39 is 42.7 Å². The molecule has 0 saturated carbocycles. The highest BCUT2D eigenvalue weighted by molar-refractivity contribution is 6.33. The minimum absolute atomic E-state index is 0.0606. The molecule has 1 N–H and O–H groups in total. The van der Waals surface area contributed by atoms with E-state index in [0.29, 0.717) is 16.8 Å². The molecule has 1 amide bonds. The van der Waals surface area contributed by atoms with Gasteiger partial charge in [0, 0.05) is 6.20 Å². The number of para-hydroxylation sites is 2. The molecule has 32 heavy (non-hydrogen) atoms. The van der Waals surface area contributed by atoms with Crippen molar-refractivity contribution in [2.45, 2.75) is 25.4 Å². The molecule has 168 valence electrons. The number of nitrogens with zero attached hydrogens (tertiary/aromatic N) is 5. The van der Waals surface area contributed by atoms with Crippen LogP contribution in [0.25, 0.3) is 16.7 Å². The van der Waals surface area contributed by atoms with E-state index in [-0.39, 0.29) is 27.5 Å². The Balaban J connectivity index is 1.58. The van der Waals surface area contributed by atoms with Crippen LogP contribution in [0, 0.1) is 0 Å². The lowest BCUT2D eigenvalue weighted by molar-refractivity contribution is -0.147. The van der Waals surface area contributed by atoms with Gasteiger partial charge in [-0.2, -0.15) is 26.3 Å². The Hall–Kier alpha value is -3.35. The predicted molar refractivity (Wildman–Crippen MR) is 99.6 cm³/mol. The quantitative estimate of drug-likeness (QED) is 0.450. The fourth-order valence-electron chi connectivity index (χ4n) is 3.10. The van der Waals surface area contributed by atoms with E-state index in [1.165, 1.54) is 24.3 Å². The molecule has 0 saturated heterocycles. The van der Waals surface area contributed by atoms with Crippen molar-refractivity contribution < 1.29 is 31.1 Å². The Bertz CT molecular complexity index is 1330. The van der Waals surface area contributed by atoms with Crippen molar-refractivity contribution in [2.75, 3.05) is 0 Å². The molecule has 1 aromatic carbocycles. The molecule has 0 spiro atoms. The van der Waals surface area contributed by atoms with Crippen LogP contribution in [-0.4, -0.2) is 30.1 Å². The zero-order chi connectivity index (χ0) is 23.3. The van der Waals surface area contributed by atoms with Gasteiger partial charge in [0.25, 0.3) is 0 Å². The van der Waals surface area contributed by atoms with Gasteiger partial charge in [0.1, 0.15) is 6.54 Å². The normalized spacial score (nSPS) is 12.6. The third-order valence-corrected chi connectivity index (χ3v) is 4.79. The number of hydrogen-bond donors (Lipinski definition) is 1. The monoisotopic (exact) mass is 476 g/mol. The maximum absolute atomic E-state index is 13.4. The summed E-state index contributed by atoms with van der Waals surface area (Å²) < 4.78 is 80.8. The van der Waals surface area contributed by atoms with Crippen LogP contribution in [0.2, 0.25) is 5.02 Å². The number of amides is 1. The Kier molecular flexibility index (Phi) is 5.23. The largest absolute Gasteiger partial charge is 0.449 e. The standard InChI is InChI=1S/C18H11ClF6N6O/c19-10-5-9(17(20,21)22)7-31-13(28-29-15(10)31)6-26-14(32)8-30-12-4-2-1-3-11(12)27-16(30)18(23,24)25/h1-5,7H,6,8H2,(H,26,32). The molecule has 4 aromatic rings. The molecule has 3 aromatic heterocycles. The van der Waals surface area contributed by atoms with Crippen molar-refractivity contribution in [1.29, 1.82) is 0 Å². The van der Waals surface area contributed by atoms with Gasteiger partial charge in [-0.3, -0.25) is 9.20 Å². The smallest absolute Gasteiger partial charge is 0.347 e. The highest BCUT2D eigenvalue weighted by Gasteiger charge is 2.38. The van der Waals surface area contributed by atoms with Crippen LogP contribution in [0.1, 0.15) is 17.2 Å². The number of carbonyl (C=O) groups is 1. The van der Waals surface area contributed by atoms with Crippen molar-refractivity contribution in [3.8, 4) is 0 Å². The third kappa shape index (κ3) is 4.07. The number of carbonyl (C=O) groups excluding carboxylic acids is 1. The maximum atomic E-state index is 13.4. The summed E-state index contributed by atoms with van der Waals surface area (Å²) in [6.07, 6.45) is -8.76. The average Bonchev–Trinajstić information content (AvgIpc) is 3.28.